The van der Waals surface area contributed by atoms with Crippen molar-refractivity contribution in [3.63, 3.8) is 0 Å². The highest BCUT2D eigenvalue weighted by molar-refractivity contribution is 5.92. The molecule has 0 aliphatic carbocycles. The first-order valence-corrected chi connectivity index (χ1v) is 7.20. The Balaban J connectivity index is 2.18. The fourth-order valence-electron chi connectivity index (χ4n) is 2.34. The zero-order valence-electron chi connectivity index (χ0n) is 12.9. The molecule has 4 nitrogen and oxygen atoms in total. The molecule has 0 atom stereocenters. The van der Waals surface area contributed by atoms with Gasteiger partial charge in [0.05, 0.1) is 11.4 Å². The van der Waals surface area contributed by atoms with E-state index in [0.717, 1.165) is 28.9 Å². The number of carbonyl (C=O) groups is 1. The summed E-state index contributed by atoms with van der Waals surface area (Å²) in [7, 11) is 0. The van der Waals surface area contributed by atoms with Crippen LogP contribution in [0, 0.1) is 11.6 Å². The van der Waals surface area contributed by atoms with Gasteiger partial charge in [0.15, 0.2) is 17.3 Å². The number of alkyl halides is 3. The number of halogens is 5. The van der Waals surface area contributed by atoms with Crippen LogP contribution in [-0.4, -0.2) is 15.7 Å². The summed E-state index contributed by atoms with van der Waals surface area (Å²) in [6.45, 7) is 0. The summed E-state index contributed by atoms with van der Waals surface area (Å²) >= 11 is 0. The number of carbonyl (C=O) groups excluding carboxylic acids is 1. The number of nitrogens with two attached hydrogens (primary N) is 1. The van der Waals surface area contributed by atoms with E-state index in [1.807, 2.05) is 0 Å². The lowest BCUT2D eigenvalue weighted by Crippen LogP contribution is -2.11. The van der Waals surface area contributed by atoms with Gasteiger partial charge in [0.2, 0.25) is 5.91 Å². The van der Waals surface area contributed by atoms with Crippen molar-refractivity contribution in [1.29, 1.82) is 0 Å². The van der Waals surface area contributed by atoms with Gasteiger partial charge in [-0.1, -0.05) is 0 Å². The minimum atomic E-state index is -4.73. The number of hydrogen-bond acceptors (Lipinski definition) is 2. The molecule has 0 spiro atoms. The van der Waals surface area contributed by atoms with Crippen LogP contribution < -0.4 is 5.73 Å². The molecule has 134 valence electrons. The molecule has 3 aromatic rings. The molecule has 2 N–H and O–H groups in total. The molecular weight excluding hydrogens is 357 g/mol. The maximum atomic E-state index is 13.5. The first-order valence-electron chi connectivity index (χ1n) is 7.20. The van der Waals surface area contributed by atoms with Gasteiger partial charge in [0, 0.05) is 11.1 Å². The van der Waals surface area contributed by atoms with Crippen LogP contribution in [0.2, 0.25) is 0 Å². The van der Waals surface area contributed by atoms with Gasteiger partial charge in [-0.3, -0.25) is 4.79 Å². The van der Waals surface area contributed by atoms with Gasteiger partial charge >= 0.3 is 6.18 Å². The Kier molecular flexibility index (Phi) is 4.23. The molecule has 26 heavy (non-hydrogen) atoms. The lowest BCUT2D eigenvalue weighted by atomic mass is 10.1. The molecule has 1 amide bonds. The maximum Gasteiger partial charge on any atom is 0.435 e. The zero-order valence-corrected chi connectivity index (χ0v) is 12.9. The SMILES string of the molecule is NC(=O)c1ccc(-n2nc(C(F)(F)F)cc2-c2ccc(F)c(F)c2)cc1. The van der Waals surface area contributed by atoms with E-state index in [9.17, 15) is 26.7 Å². The van der Waals surface area contributed by atoms with Gasteiger partial charge in [-0.25, -0.2) is 13.5 Å². The van der Waals surface area contributed by atoms with E-state index in [4.69, 9.17) is 5.73 Å². The van der Waals surface area contributed by atoms with E-state index in [1.54, 1.807) is 0 Å². The van der Waals surface area contributed by atoms with Gasteiger partial charge in [0.25, 0.3) is 0 Å². The van der Waals surface area contributed by atoms with Crippen LogP contribution in [0.4, 0.5) is 22.0 Å². The fraction of sp³-hybridized carbons (Fsp3) is 0.0588. The second-order valence-electron chi connectivity index (χ2n) is 5.36. The van der Waals surface area contributed by atoms with Crippen molar-refractivity contribution < 1.29 is 26.7 Å². The number of amides is 1. The van der Waals surface area contributed by atoms with Gasteiger partial charge in [-0.2, -0.15) is 18.3 Å². The minimum absolute atomic E-state index is 0.00544. The largest absolute Gasteiger partial charge is 0.435 e. The van der Waals surface area contributed by atoms with E-state index < -0.39 is 29.4 Å². The molecule has 1 heterocycles. The van der Waals surface area contributed by atoms with Crippen molar-refractivity contribution >= 4 is 5.91 Å². The van der Waals surface area contributed by atoms with E-state index in [2.05, 4.69) is 5.10 Å². The van der Waals surface area contributed by atoms with Crippen molar-refractivity contribution in [2.75, 3.05) is 0 Å². The number of benzene rings is 2. The first-order chi connectivity index (χ1) is 12.2. The third-order valence-corrected chi connectivity index (χ3v) is 3.61. The summed E-state index contributed by atoms with van der Waals surface area (Å²) in [6, 6.07) is 8.79. The highest BCUT2D eigenvalue weighted by Crippen LogP contribution is 2.33. The van der Waals surface area contributed by atoms with E-state index in [-0.39, 0.29) is 22.5 Å². The molecule has 9 heteroatoms. The first kappa shape index (κ1) is 17.6. The highest BCUT2D eigenvalue weighted by atomic mass is 19.4. The molecule has 0 saturated heterocycles. The van der Waals surface area contributed by atoms with Crippen LogP contribution in [-0.2, 0) is 6.18 Å². The second-order valence-corrected chi connectivity index (χ2v) is 5.36. The maximum absolute atomic E-state index is 13.5. The van der Waals surface area contributed by atoms with Crippen LogP contribution in [0.15, 0.2) is 48.5 Å². The number of primary amides is 1. The lowest BCUT2D eigenvalue weighted by Gasteiger charge is -2.08. The molecule has 0 radical (unpaired) electrons. The Hall–Kier alpha value is -3.23. The summed E-state index contributed by atoms with van der Waals surface area (Å²) in [4.78, 5) is 11.1. The topological polar surface area (TPSA) is 60.9 Å². The standard InChI is InChI=1S/C17H10F5N3O/c18-12-6-3-10(7-13(12)19)14-8-15(17(20,21)22)24-25(14)11-4-1-9(2-5-11)16(23)26/h1-8H,(H2,23,26). The van der Waals surface area contributed by atoms with Crippen molar-refractivity contribution in [3.8, 4) is 16.9 Å². The van der Waals surface area contributed by atoms with Gasteiger partial charge < -0.3 is 5.73 Å². The number of rotatable bonds is 3. The zero-order chi connectivity index (χ0) is 19.1. The Morgan fingerprint density at radius 3 is 2.15 bits per heavy atom. The van der Waals surface area contributed by atoms with Crippen LogP contribution in [0.1, 0.15) is 16.1 Å². The van der Waals surface area contributed by atoms with E-state index in [1.165, 1.54) is 24.3 Å². The fourth-order valence-corrected chi connectivity index (χ4v) is 2.34. The smallest absolute Gasteiger partial charge is 0.366 e. The summed E-state index contributed by atoms with van der Waals surface area (Å²) in [5.41, 5.74) is 4.19. The molecule has 0 aliphatic heterocycles. The quantitative estimate of drug-likeness (QED) is 0.713. The Bertz CT molecular complexity index is 977. The van der Waals surface area contributed by atoms with Crippen molar-refractivity contribution in [2.24, 2.45) is 5.73 Å². The van der Waals surface area contributed by atoms with Crippen LogP contribution in [0.3, 0.4) is 0 Å². The van der Waals surface area contributed by atoms with E-state index >= 15 is 0 Å². The highest BCUT2D eigenvalue weighted by Gasteiger charge is 2.35. The molecule has 0 bridgehead atoms. The third-order valence-electron chi connectivity index (χ3n) is 3.61. The molecule has 0 aliphatic rings. The van der Waals surface area contributed by atoms with Crippen molar-refractivity contribution in [3.05, 3.63) is 71.4 Å². The van der Waals surface area contributed by atoms with Gasteiger partial charge in [-0.15, -0.1) is 0 Å². The summed E-state index contributed by atoms with van der Waals surface area (Å²) in [5.74, 6) is -3.02. The summed E-state index contributed by atoms with van der Waals surface area (Å²) in [5, 5.41) is 3.51. The Morgan fingerprint density at radius 1 is 0.962 bits per heavy atom. The van der Waals surface area contributed by atoms with Crippen LogP contribution in [0.5, 0.6) is 0 Å². The molecule has 1 aromatic heterocycles. The Labute approximate surface area is 143 Å². The summed E-state index contributed by atoms with van der Waals surface area (Å²) in [6.07, 6.45) is -4.73. The molecular formula is C17H10F5N3O. The number of hydrogen-bond donors (Lipinski definition) is 1. The molecule has 0 unspecified atom stereocenters. The Morgan fingerprint density at radius 2 is 1.62 bits per heavy atom. The predicted octanol–water partition coefficient (Wildman–Crippen LogP) is 3.94. The summed E-state index contributed by atoms with van der Waals surface area (Å²) < 4.78 is 66.7. The average molecular weight is 367 g/mol. The number of nitrogens with zero attached hydrogens (tertiary/aromatic N) is 2. The van der Waals surface area contributed by atoms with Gasteiger partial charge in [0.1, 0.15) is 0 Å². The molecule has 3 rings (SSSR count). The van der Waals surface area contributed by atoms with Crippen LogP contribution in [0.25, 0.3) is 16.9 Å². The van der Waals surface area contributed by atoms with Gasteiger partial charge in [-0.05, 0) is 48.5 Å². The van der Waals surface area contributed by atoms with Crippen molar-refractivity contribution in [1.82, 2.24) is 9.78 Å². The lowest BCUT2D eigenvalue weighted by molar-refractivity contribution is -0.141. The predicted molar refractivity (Wildman–Crippen MR) is 82.4 cm³/mol. The average Bonchev–Trinajstić information content (AvgIpc) is 3.03. The molecule has 0 saturated carbocycles. The van der Waals surface area contributed by atoms with E-state index in [0.29, 0.717) is 0 Å². The molecule has 0 fully saturated rings. The monoisotopic (exact) mass is 367 g/mol. The second kappa shape index (κ2) is 6.25. The normalized spacial score (nSPS) is 11.6. The molecule has 2 aromatic carbocycles. The third kappa shape index (κ3) is 3.28. The number of aromatic nitrogens is 2. The van der Waals surface area contributed by atoms with Crippen molar-refractivity contribution in [2.45, 2.75) is 6.18 Å². The van der Waals surface area contributed by atoms with Crippen LogP contribution >= 0.6 is 0 Å². The minimum Gasteiger partial charge on any atom is -0.366 e.